The third-order valence-electron chi connectivity index (χ3n) is 4.62. The smallest absolute Gasteiger partial charge is 0.303 e. The van der Waals surface area contributed by atoms with Crippen LogP contribution in [0.15, 0.2) is 24.3 Å². The molecule has 2 nitrogen and oxygen atoms in total. The van der Waals surface area contributed by atoms with Gasteiger partial charge in [-0.05, 0) is 25.7 Å². The maximum Gasteiger partial charge on any atom is 0.303 e. The highest BCUT2D eigenvalue weighted by atomic mass is 16.4. The maximum absolute atomic E-state index is 10.4. The van der Waals surface area contributed by atoms with E-state index in [0.29, 0.717) is 0 Å². The van der Waals surface area contributed by atoms with E-state index in [9.17, 15) is 4.79 Å². The second kappa shape index (κ2) is 21.0. The van der Waals surface area contributed by atoms with Gasteiger partial charge in [0.05, 0.1) is 0 Å². The van der Waals surface area contributed by atoms with Gasteiger partial charge in [-0.3, -0.25) is 4.79 Å². The Morgan fingerprint density at radius 1 is 0.640 bits per heavy atom. The van der Waals surface area contributed by atoms with E-state index in [2.05, 4.69) is 25.2 Å². The van der Waals surface area contributed by atoms with Gasteiger partial charge >= 0.3 is 5.97 Å². The highest BCUT2D eigenvalue weighted by molar-refractivity contribution is 5.66. The van der Waals surface area contributed by atoms with Gasteiger partial charge < -0.3 is 5.11 Å². The van der Waals surface area contributed by atoms with Gasteiger partial charge in [-0.2, -0.15) is 0 Å². The highest BCUT2D eigenvalue weighted by Crippen LogP contribution is 2.13. The Bertz CT molecular complexity index is 331. The average molecular weight is 351 g/mol. The van der Waals surface area contributed by atoms with Gasteiger partial charge in [0.1, 0.15) is 0 Å². The molecule has 0 unspecified atom stereocenters. The van der Waals surface area contributed by atoms with Crippen LogP contribution in [-0.4, -0.2) is 11.1 Å². The Morgan fingerprint density at radius 2 is 1.04 bits per heavy atom. The Labute approximate surface area is 156 Å². The molecule has 0 bridgehead atoms. The number of rotatable bonds is 19. The fraction of sp³-hybridized carbons (Fsp3) is 0.783. The summed E-state index contributed by atoms with van der Waals surface area (Å²) in [6.45, 7) is 2.28. The van der Waals surface area contributed by atoms with Crippen LogP contribution in [0.1, 0.15) is 116 Å². The zero-order valence-corrected chi connectivity index (χ0v) is 16.7. The van der Waals surface area contributed by atoms with Crippen LogP contribution >= 0.6 is 0 Å². The minimum absolute atomic E-state index is 0.271. The van der Waals surface area contributed by atoms with Crippen LogP contribution in [0.4, 0.5) is 0 Å². The number of unbranched alkanes of at least 4 members (excludes halogenated alkanes) is 14. The van der Waals surface area contributed by atoms with E-state index in [1.54, 1.807) is 0 Å². The van der Waals surface area contributed by atoms with Crippen molar-refractivity contribution in [2.24, 2.45) is 0 Å². The molecule has 0 radical (unpaired) electrons. The first-order chi connectivity index (χ1) is 12.3. The van der Waals surface area contributed by atoms with E-state index in [-0.39, 0.29) is 6.42 Å². The van der Waals surface area contributed by atoms with E-state index in [1.165, 1.54) is 83.5 Å². The fourth-order valence-electron chi connectivity index (χ4n) is 3.00. The van der Waals surface area contributed by atoms with Crippen molar-refractivity contribution in [1.29, 1.82) is 0 Å². The summed E-state index contributed by atoms with van der Waals surface area (Å²) in [4.78, 5) is 10.4. The zero-order valence-electron chi connectivity index (χ0n) is 16.7. The Kier molecular flexibility index (Phi) is 20.1. The lowest BCUT2D eigenvalue weighted by Gasteiger charge is -2.02. The number of allylic oxidation sites excluding steroid dienone is 4. The predicted octanol–water partition coefficient (Wildman–Crippen LogP) is 7.84. The first kappa shape index (κ1) is 23.9. The Morgan fingerprint density at radius 3 is 1.48 bits per heavy atom. The predicted molar refractivity (Wildman–Crippen MR) is 110 cm³/mol. The van der Waals surface area contributed by atoms with Crippen molar-refractivity contribution < 1.29 is 9.90 Å². The number of carboxylic acids is 1. The topological polar surface area (TPSA) is 37.3 Å². The Balaban J connectivity index is 3.14. The van der Waals surface area contributed by atoms with Gasteiger partial charge in [0.25, 0.3) is 0 Å². The molecule has 0 aromatic carbocycles. The van der Waals surface area contributed by atoms with Gasteiger partial charge in [0, 0.05) is 6.42 Å². The first-order valence-corrected chi connectivity index (χ1v) is 10.8. The summed E-state index contributed by atoms with van der Waals surface area (Å²) in [6.07, 6.45) is 29.7. The molecule has 146 valence electrons. The van der Waals surface area contributed by atoms with Crippen LogP contribution in [0.2, 0.25) is 0 Å². The molecule has 0 amide bonds. The molecule has 0 aliphatic heterocycles. The van der Waals surface area contributed by atoms with Crippen LogP contribution in [0, 0.1) is 0 Å². The summed E-state index contributed by atoms with van der Waals surface area (Å²) in [7, 11) is 0. The summed E-state index contributed by atoms with van der Waals surface area (Å²) in [5.74, 6) is -0.702. The van der Waals surface area contributed by atoms with Gasteiger partial charge in [0.2, 0.25) is 0 Å². The quantitative estimate of drug-likeness (QED) is 0.190. The molecule has 25 heavy (non-hydrogen) atoms. The van der Waals surface area contributed by atoms with Crippen molar-refractivity contribution in [1.82, 2.24) is 0 Å². The van der Waals surface area contributed by atoms with Crippen molar-refractivity contribution in [2.75, 3.05) is 0 Å². The normalized spacial score (nSPS) is 11.7. The second-order valence-corrected chi connectivity index (χ2v) is 7.17. The molecular formula is C23H42O2. The molecule has 0 atom stereocenters. The monoisotopic (exact) mass is 350 g/mol. The molecule has 0 aromatic heterocycles. The van der Waals surface area contributed by atoms with Gasteiger partial charge in [-0.15, -0.1) is 0 Å². The van der Waals surface area contributed by atoms with Crippen LogP contribution in [-0.2, 0) is 4.79 Å². The third kappa shape index (κ3) is 22.9. The number of carbonyl (C=O) groups is 1. The van der Waals surface area contributed by atoms with E-state index < -0.39 is 5.97 Å². The molecule has 1 N–H and O–H groups in total. The van der Waals surface area contributed by atoms with Crippen LogP contribution < -0.4 is 0 Å². The summed E-state index contributed by atoms with van der Waals surface area (Å²) in [5.41, 5.74) is 0. The average Bonchev–Trinajstić information content (AvgIpc) is 2.60. The minimum Gasteiger partial charge on any atom is -0.481 e. The lowest BCUT2D eigenvalue weighted by atomic mass is 10.0. The molecule has 0 aromatic rings. The third-order valence-corrected chi connectivity index (χ3v) is 4.62. The molecule has 0 rings (SSSR count). The van der Waals surface area contributed by atoms with Crippen molar-refractivity contribution in [3.8, 4) is 0 Å². The highest BCUT2D eigenvalue weighted by Gasteiger charge is 1.94. The number of hydrogen-bond donors (Lipinski definition) is 1. The maximum atomic E-state index is 10.4. The van der Waals surface area contributed by atoms with E-state index >= 15 is 0 Å². The van der Waals surface area contributed by atoms with Crippen molar-refractivity contribution in [3.05, 3.63) is 24.3 Å². The van der Waals surface area contributed by atoms with Gasteiger partial charge in [-0.1, -0.05) is 108 Å². The number of aliphatic carboxylic acids is 1. The molecule has 0 fully saturated rings. The summed E-state index contributed by atoms with van der Waals surface area (Å²) < 4.78 is 0. The second-order valence-electron chi connectivity index (χ2n) is 7.17. The zero-order chi connectivity index (χ0) is 18.4. The largest absolute Gasteiger partial charge is 0.481 e. The van der Waals surface area contributed by atoms with Crippen molar-refractivity contribution >= 4 is 5.97 Å². The molecule has 0 aliphatic carbocycles. The number of hydrogen-bond acceptors (Lipinski definition) is 1. The molecule has 0 saturated carbocycles. The summed E-state index contributed by atoms with van der Waals surface area (Å²) in [6, 6.07) is 0. The van der Waals surface area contributed by atoms with Crippen LogP contribution in [0.25, 0.3) is 0 Å². The van der Waals surface area contributed by atoms with Crippen LogP contribution in [0.3, 0.4) is 0 Å². The summed E-state index contributed by atoms with van der Waals surface area (Å²) in [5, 5.41) is 8.53. The van der Waals surface area contributed by atoms with Crippen LogP contribution in [0.5, 0.6) is 0 Å². The SMILES string of the molecule is CCCCCCCCCCCCCCCC=CC=CCCCC(=O)O. The van der Waals surface area contributed by atoms with Gasteiger partial charge in [-0.25, -0.2) is 0 Å². The lowest BCUT2D eigenvalue weighted by Crippen LogP contribution is -1.92. The van der Waals surface area contributed by atoms with E-state index in [1.807, 2.05) is 6.08 Å². The standard InChI is InChI=1S/C23H42O2/c1-2-3-4-5-6-7-8-9-10-11-12-13-14-15-16-17-18-19-20-21-22-23(24)25/h16-19H,2-15,20-22H2,1H3,(H,24,25). The van der Waals surface area contributed by atoms with Crippen molar-refractivity contribution in [2.45, 2.75) is 116 Å². The lowest BCUT2D eigenvalue weighted by molar-refractivity contribution is -0.137. The molecule has 0 heterocycles. The molecule has 0 spiro atoms. The van der Waals surface area contributed by atoms with Crippen molar-refractivity contribution in [3.63, 3.8) is 0 Å². The van der Waals surface area contributed by atoms with E-state index in [4.69, 9.17) is 5.11 Å². The van der Waals surface area contributed by atoms with E-state index in [0.717, 1.165) is 19.3 Å². The molecule has 0 aliphatic rings. The molecule has 0 saturated heterocycles. The molecular weight excluding hydrogens is 308 g/mol. The number of carboxylic acid groups (broad SMARTS) is 1. The first-order valence-electron chi connectivity index (χ1n) is 10.8. The van der Waals surface area contributed by atoms with Gasteiger partial charge in [0.15, 0.2) is 0 Å². The Hall–Kier alpha value is -1.05. The minimum atomic E-state index is -0.702. The summed E-state index contributed by atoms with van der Waals surface area (Å²) >= 11 is 0. The fourth-order valence-corrected chi connectivity index (χ4v) is 3.00. The molecule has 2 heteroatoms.